The van der Waals surface area contributed by atoms with Crippen molar-refractivity contribution < 1.29 is 24.2 Å². The van der Waals surface area contributed by atoms with E-state index in [0.717, 1.165) is 12.8 Å². The van der Waals surface area contributed by atoms with E-state index in [-0.39, 0.29) is 42.9 Å². The Balaban J connectivity index is 1.19. The number of hydrogen-bond donors (Lipinski definition) is 3. The van der Waals surface area contributed by atoms with Gasteiger partial charge >= 0.3 is 12.1 Å². The van der Waals surface area contributed by atoms with Crippen molar-refractivity contribution in [1.82, 2.24) is 10.6 Å². The van der Waals surface area contributed by atoms with Crippen molar-refractivity contribution in [3.8, 4) is 11.1 Å². The number of nitrogens with one attached hydrogen (secondary N) is 2. The Bertz CT molecular complexity index is 985. The fraction of sp³-hybridized carbons (Fsp3) is 0.423. The number of carboxylic acids is 1. The SMILES string of the molecule is CC(CCC(=O)O)NC(=O)CC1CC(NC(=O)OCC2c3ccccc3-c3ccccc32)C1. The molecule has 7 nitrogen and oxygen atoms in total. The molecule has 0 saturated heterocycles. The second-order valence-electron chi connectivity index (χ2n) is 9.11. The molecule has 4 rings (SSSR count). The van der Waals surface area contributed by atoms with Crippen LogP contribution in [0.1, 0.15) is 56.1 Å². The molecule has 0 radical (unpaired) electrons. The molecule has 1 atom stereocenters. The zero-order valence-electron chi connectivity index (χ0n) is 18.8. The fourth-order valence-corrected chi connectivity index (χ4v) is 4.84. The van der Waals surface area contributed by atoms with Crippen LogP contribution in [0.25, 0.3) is 11.1 Å². The van der Waals surface area contributed by atoms with Gasteiger partial charge < -0.3 is 20.5 Å². The molecule has 0 heterocycles. The lowest BCUT2D eigenvalue weighted by Crippen LogP contribution is -2.46. The van der Waals surface area contributed by atoms with Gasteiger partial charge in [0, 0.05) is 30.8 Å². The monoisotopic (exact) mass is 450 g/mol. The number of fused-ring (bicyclic) bond motifs is 3. The van der Waals surface area contributed by atoms with Crippen LogP contribution in [-0.2, 0) is 14.3 Å². The number of alkyl carbamates (subject to hydrolysis) is 1. The molecule has 0 aliphatic heterocycles. The molecule has 2 aliphatic carbocycles. The molecule has 2 aliphatic rings. The molecule has 1 fully saturated rings. The molecular weight excluding hydrogens is 420 g/mol. The van der Waals surface area contributed by atoms with Crippen molar-refractivity contribution in [2.75, 3.05) is 6.61 Å². The van der Waals surface area contributed by atoms with Crippen LogP contribution in [0.5, 0.6) is 0 Å². The molecule has 7 heteroatoms. The third-order valence-corrected chi connectivity index (χ3v) is 6.57. The van der Waals surface area contributed by atoms with E-state index in [1.165, 1.54) is 22.3 Å². The van der Waals surface area contributed by atoms with Crippen LogP contribution in [0.15, 0.2) is 48.5 Å². The summed E-state index contributed by atoms with van der Waals surface area (Å²) in [5.74, 6) is -0.686. The molecule has 3 N–H and O–H groups in total. The van der Waals surface area contributed by atoms with Gasteiger partial charge in [0.15, 0.2) is 0 Å². The van der Waals surface area contributed by atoms with E-state index in [9.17, 15) is 14.4 Å². The first-order valence-electron chi connectivity index (χ1n) is 11.5. The van der Waals surface area contributed by atoms with Gasteiger partial charge in [-0.3, -0.25) is 9.59 Å². The van der Waals surface area contributed by atoms with E-state index in [1.807, 2.05) is 31.2 Å². The average Bonchev–Trinajstić information content (AvgIpc) is 3.08. The maximum atomic E-state index is 12.4. The number of ether oxygens (including phenoxy) is 1. The summed E-state index contributed by atoms with van der Waals surface area (Å²) in [7, 11) is 0. The van der Waals surface area contributed by atoms with E-state index in [4.69, 9.17) is 9.84 Å². The highest BCUT2D eigenvalue weighted by molar-refractivity contribution is 5.79. The van der Waals surface area contributed by atoms with Gasteiger partial charge in [0.2, 0.25) is 5.91 Å². The number of rotatable bonds is 9. The summed E-state index contributed by atoms with van der Waals surface area (Å²) in [5.41, 5.74) is 4.75. The first-order chi connectivity index (χ1) is 15.9. The highest BCUT2D eigenvalue weighted by atomic mass is 16.5. The summed E-state index contributed by atoms with van der Waals surface area (Å²) in [6.45, 7) is 2.09. The molecule has 2 amide bonds. The maximum Gasteiger partial charge on any atom is 0.407 e. The number of carbonyl (C=O) groups excluding carboxylic acids is 2. The summed E-state index contributed by atoms with van der Waals surface area (Å²) < 4.78 is 5.58. The van der Waals surface area contributed by atoms with E-state index in [0.29, 0.717) is 12.8 Å². The van der Waals surface area contributed by atoms with Gasteiger partial charge in [-0.1, -0.05) is 48.5 Å². The van der Waals surface area contributed by atoms with Crippen molar-refractivity contribution >= 4 is 18.0 Å². The quantitative estimate of drug-likeness (QED) is 0.534. The highest BCUT2D eigenvalue weighted by Gasteiger charge is 2.33. The number of hydrogen-bond acceptors (Lipinski definition) is 4. The van der Waals surface area contributed by atoms with Crippen LogP contribution < -0.4 is 10.6 Å². The van der Waals surface area contributed by atoms with E-state index >= 15 is 0 Å². The van der Waals surface area contributed by atoms with Gasteiger partial charge in [-0.15, -0.1) is 0 Å². The molecule has 1 saturated carbocycles. The summed E-state index contributed by atoms with van der Waals surface area (Å²) in [4.78, 5) is 35.1. The number of carbonyl (C=O) groups is 3. The normalized spacial score (nSPS) is 19.5. The van der Waals surface area contributed by atoms with Crippen molar-refractivity contribution in [2.45, 2.75) is 57.0 Å². The first-order valence-corrected chi connectivity index (χ1v) is 11.5. The van der Waals surface area contributed by atoms with Gasteiger partial charge in [-0.2, -0.15) is 0 Å². The minimum absolute atomic E-state index is 0.0166. The summed E-state index contributed by atoms with van der Waals surface area (Å²) in [6, 6.07) is 16.3. The zero-order chi connectivity index (χ0) is 23.4. The Kier molecular flexibility index (Phi) is 6.96. The van der Waals surface area contributed by atoms with E-state index < -0.39 is 12.1 Å². The molecule has 2 aromatic rings. The Morgan fingerprint density at radius 1 is 1.03 bits per heavy atom. The van der Waals surface area contributed by atoms with Crippen LogP contribution >= 0.6 is 0 Å². The van der Waals surface area contributed by atoms with Crippen molar-refractivity contribution in [3.63, 3.8) is 0 Å². The van der Waals surface area contributed by atoms with Crippen LogP contribution in [0.4, 0.5) is 4.79 Å². The third-order valence-electron chi connectivity index (χ3n) is 6.57. The minimum atomic E-state index is -0.864. The first kappa shape index (κ1) is 22.8. The Morgan fingerprint density at radius 2 is 1.64 bits per heavy atom. The standard InChI is InChI=1S/C26H30N2O5/c1-16(10-11-25(30)31)27-24(29)14-17-12-18(13-17)28-26(32)33-15-23-21-8-4-2-6-19(21)20-7-3-5-9-22(20)23/h2-9,16-18,23H,10-15H2,1H3,(H,27,29)(H,28,32)(H,30,31). The Labute approximate surface area is 193 Å². The lowest BCUT2D eigenvalue weighted by Gasteiger charge is -2.35. The Hall–Kier alpha value is -3.35. The summed E-state index contributed by atoms with van der Waals surface area (Å²) >= 11 is 0. The maximum absolute atomic E-state index is 12.4. The van der Waals surface area contributed by atoms with Gasteiger partial charge in [-0.25, -0.2) is 4.79 Å². The lowest BCUT2D eigenvalue weighted by atomic mass is 9.78. The van der Waals surface area contributed by atoms with Gasteiger partial charge in [0.1, 0.15) is 6.61 Å². The summed E-state index contributed by atoms with van der Waals surface area (Å²) in [6.07, 6.45) is 1.89. The van der Waals surface area contributed by atoms with E-state index in [2.05, 4.69) is 34.9 Å². The van der Waals surface area contributed by atoms with Gasteiger partial charge in [-0.05, 0) is 54.4 Å². The molecule has 33 heavy (non-hydrogen) atoms. The van der Waals surface area contributed by atoms with Crippen LogP contribution in [0.3, 0.4) is 0 Å². The highest BCUT2D eigenvalue weighted by Crippen LogP contribution is 2.44. The molecular formula is C26H30N2O5. The number of carboxylic acid groups (broad SMARTS) is 1. The van der Waals surface area contributed by atoms with Crippen molar-refractivity contribution in [1.29, 1.82) is 0 Å². The number of benzene rings is 2. The van der Waals surface area contributed by atoms with Crippen LogP contribution in [-0.4, -0.2) is 41.8 Å². The largest absolute Gasteiger partial charge is 0.481 e. The van der Waals surface area contributed by atoms with Crippen LogP contribution in [0.2, 0.25) is 0 Å². The molecule has 0 bridgehead atoms. The van der Waals surface area contributed by atoms with Crippen LogP contribution in [0, 0.1) is 5.92 Å². The second-order valence-corrected chi connectivity index (χ2v) is 9.11. The molecule has 0 aromatic heterocycles. The van der Waals surface area contributed by atoms with Crippen molar-refractivity contribution in [3.05, 3.63) is 59.7 Å². The topological polar surface area (TPSA) is 105 Å². The summed E-state index contributed by atoms with van der Waals surface area (Å²) in [5, 5.41) is 14.5. The molecule has 0 spiro atoms. The predicted molar refractivity (Wildman–Crippen MR) is 124 cm³/mol. The smallest absolute Gasteiger partial charge is 0.407 e. The second kappa shape index (κ2) is 10.1. The molecule has 1 unspecified atom stereocenters. The number of aliphatic carboxylic acids is 1. The average molecular weight is 451 g/mol. The lowest BCUT2D eigenvalue weighted by molar-refractivity contribution is -0.137. The number of amides is 2. The predicted octanol–water partition coefficient (Wildman–Crippen LogP) is 4.06. The third kappa shape index (κ3) is 5.53. The zero-order valence-corrected chi connectivity index (χ0v) is 18.8. The Morgan fingerprint density at radius 3 is 2.24 bits per heavy atom. The molecule has 174 valence electrons. The molecule has 2 aromatic carbocycles. The minimum Gasteiger partial charge on any atom is -0.481 e. The fourth-order valence-electron chi connectivity index (χ4n) is 4.84. The van der Waals surface area contributed by atoms with E-state index in [1.54, 1.807) is 0 Å². The van der Waals surface area contributed by atoms with Crippen molar-refractivity contribution in [2.24, 2.45) is 5.92 Å². The van der Waals surface area contributed by atoms with Gasteiger partial charge in [0.25, 0.3) is 0 Å². The van der Waals surface area contributed by atoms with Gasteiger partial charge in [0.05, 0.1) is 0 Å².